The van der Waals surface area contributed by atoms with Crippen LogP contribution in [0.15, 0.2) is 18.2 Å². The Morgan fingerprint density at radius 2 is 2.05 bits per heavy atom. The third-order valence-corrected chi connectivity index (χ3v) is 4.15. The number of nitrogens with zero attached hydrogens (tertiary/aromatic N) is 1. The lowest BCUT2D eigenvalue weighted by Crippen LogP contribution is -2.43. The molecule has 4 heteroatoms. The molecule has 20 heavy (non-hydrogen) atoms. The largest absolute Gasteiger partial charge is 0.390 e. The van der Waals surface area contributed by atoms with E-state index in [1.165, 1.54) is 6.07 Å². The summed E-state index contributed by atoms with van der Waals surface area (Å²) in [7, 11) is 0. The Kier molecular flexibility index (Phi) is 4.66. The number of benzene rings is 1. The fourth-order valence-electron chi connectivity index (χ4n) is 2.84. The van der Waals surface area contributed by atoms with E-state index in [9.17, 15) is 9.50 Å². The average molecular weight is 280 g/mol. The molecule has 112 valence electrons. The summed E-state index contributed by atoms with van der Waals surface area (Å²) in [5.41, 5.74) is 1.07. The standard InChI is InChI=1S/C16H25FN2O/c1-4-18-12(2)13-6-5-7-14(17)15(13)19-10-8-16(3,20)9-11-19/h5-7,12,18,20H,4,8-11H2,1-3H3. The van der Waals surface area contributed by atoms with Crippen LogP contribution < -0.4 is 10.2 Å². The van der Waals surface area contributed by atoms with Gasteiger partial charge in [-0.15, -0.1) is 0 Å². The maximum Gasteiger partial charge on any atom is 0.146 e. The van der Waals surface area contributed by atoms with Crippen molar-refractivity contribution in [1.82, 2.24) is 5.32 Å². The van der Waals surface area contributed by atoms with Crippen LogP contribution in [0.1, 0.15) is 45.2 Å². The smallest absolute Gasteiger partial charge is 0.146 e. The van der Waals surface area contributed by atoms with E-state index in [1.807, 2.05) is 19.9 Å². The Labute approximate surface area is 120 Å². The predicted octanol–water partition coefficient (Wildman–Crippen LogP) is 2.85. The molecule has 1 saturated heterocycles. The molecule has 0 spiro atoms. The van der Waals surface area contributed by atoms with Gasteiger partial charge in [-0.05, 0) is 44.9 Å². The van der Waals surface area contributed by atoms with Gasteiger partial charge in [0.05, 0.1) is 11.3 Å². The number of rotatable bonds is 4. The fraction of sp³-hybridized carbons (Fsp3) is 0.625. The quantitative estimate of drug-likeness (QED) is 0.890. The molecule has 0 saturated carbocycles. The lowest BCUT2D eigenvalue weighted by molar-refractivity contribution is 0.0350. The number of hydrogen-bond donors (Lipinski definition) is 2. The van der Waals surface area contributed by atoms with Gasteiger partial charge in [-0.1, -0.05) is 19.1 Å². The van der Waals surface area contributed by atoms with Gasteiger partial charge in [-0.25, -0.2) is 4.39 Å². The third-order valence-electron chi connectivity index (χ3n) is 4.15. The van der Waals surface area contributed by atoms with Crippen LogP contribution in [0.2, 0.25) is 0 Å². The Hall–Kier alpha value is -1.13. The molecule has 1 fully saturated rings. The zero-order valence-electron chi connectivity index (χ0n) is 12.6. The number of aliphatic hydroxyl groups is 1. The van der Waals surface area contributed by atoms with Crippen molar-refractivity contribution in [2.24, 2.45) is 0 Å². The van der Waals surface area contributed by atoms with Crippen LogP contribution in [0.25, 0.3) is 0 Å². The minimum Gasteiger partial charge on any atom is -0.390 e. The number of nitrogens with one attached hydrogen (secondary N) is 1. The second-order valence-corrected chi connectivity index (χ2v) is 5.94. The summed E-state index contributed by atoms with van der Waals surface area (Å²) in [6.07, 6.45) is 1.35. The normalized spacial score (nSPS) is 19.9. The van der Waals surface area contributed by atoms with Crippen LogP contribution in [-0.2, 0) is 0 Å². The predicted molar refractivity (Wildman–Crippen MR) is 80.6 cm³/mol. The zero-order chi connectivity index (χ0) is 14.8. The van der Waals surface area contributed by atoms with E-state index in [2.05, 4.69) is 17.1 Å². The minimum atomic E-state index is -0.616. The van der Waals surface area contributed by atoms with Crippen LogP contribution in [0.3, 0.4) is 0 Å². The van der Waals surface area contributed by atoms with Gasteiger partial charge in [0.2, 0.25) is 0 Å². The molecule has 1 unspecified atom stereocenters. The number of anilines is 1. The summed E-state index contributed by atoms with van der Waals surface area (Å²) in [5.74, 6) is -0.172. The van der Waals surface area contributed by atoms with Crippen molar-refractivity contribution in [3.63, 3.8) is 0 Å². The Bertz CT molecular complexity index is 452. The molecule has 2 N–H and O–H groups in total. The highest BCUT2D eigenvalue weighted by Gasteiger charge is 2.30. The summed E-state index contributed by atoms with van der Waals surface area (Å²) >= 11 is 0. The van der Waals surface area contributed by atoms with Crippen molar-refractivity contribution in [2.45, 2.75) is 45.3 Å². The van der Waals surface area contributed by atoms with E-state index in [0.717, 1.165) is 12.1 Å². The third kappa shape index (κ3) is 3.30. The van der Waals surface area contributed by atoms with Gasteiger partial charge in [-0.3, -0.25) is 0 Å². The Morgan fingerprint density at radius 3 is 2.65 bits per heavy atom. The van der Waals surface area contributed by atoms with E-state index in [4.69, 9.17) is 0 Å². The van der Waals surface area contributed by atoms with Gasteiger partial charge in [0.25, 0.3) is 0 Å². The van der Waals surface area contributed by atoms with Crippen LogP contribution in [0.4, 0.5) is 10.1 Å². The monoisotopic (exact) mass is 280 g/mol. The van der Waals surface area contributed by atoms with Crippen LogP contribution in [-0.4, -0.2) is 30.3 Å². The maximum absolute atomic E-state index is 14.3. The first-order chi connectivity index (χ1) is 9.44. The fourth-order valence-corrected chi connectivity index (χ4v) is 2.84. The Morgan fingerprint density at radius 1 is 1.40 bits per heavy atom. The SMILES string of the molecule is CCNC(C)c1cccc(F)c1N1CCC(C)(O)CC1. The molecular weight excluding hydrogens is 255 g/mol. The lowest BCUT2D eigenvalue weighted by Gasteiger charge is -2.38. The molecule has 0 radical (unpaired) electrons. The molecule has 1 aromatic carbocycles. The average Bonchev–Trinajstić information content (AvgIpc) is 2.39. The van der Waals surface area contributed by atoms with Gasteiger partial charge in [-0.2, -0.15) is 0 Å². The molecule has 3 nitrogen and oxygen atoms in total. The van der Waals surface area contributed by atoms with Crippen molar-refractivity contribution in [1.29, 1.82) is 0 Å². The summed E-state index contributed by atoms with van der Waals surface area (Å²) in [4.78, 5) is 2.07. The van der Waals surface area contributed by atoms with Crippen molar-refractivity contribution in [3.05, 3.63) is 29.6 Å². The second-order valence-electron chi connectivity index (χ2n) is 5.94. The van der Waals surface area contributed by atoms with Crippen molar-refractivity contribution in [3.8, 4) is 0 Å². The summed E-state index contributed by atoms with van der Waals surface area (Å²) < 4.78 is 14.3. The molecule has 0 aromatic heterocycles. The zero-order valence-corrected chi connectivity index (χ0v) is 12.6. The van der Waals surface area contributed by atoms with Crippen molar-refractivity contribution < 1.29 is 9.50 Å². The summed E-state index contributed by atoms with van der Waals surface area (Å²) in [5, 5.41) is 13.4. The van der Waals surface area contributed by atoms with E-state index in [-0.39, 0.29) is 11.9 Å². The van der Waals surface area contributed by atoms with Gasteiger partial charge in [0.1, 0.15) is 5.82 Å². The number of piperidine rings is 1. The Balaban J connectivity index is 2.26. The van der Waals surface area contributed by atoms with Gasteiger partial charge in [0, 0.05) is 19.1 Å². The molecule has 1 atom stereocenters. The molecule has 0 aliphatic carbocycles. The topological polar surface area (TPSA) is 35.5 Å². The van der Waals surface area contributed by atoms with E-state index < -0.39 is 5.60 Å². The summed E-state index contributed by atoms with van der Waals surface area (Å²) in [6.45, 7) is 8.20. The first kappa shape index (κ1) is 15.3. The maximum atomic E-state index is 14.3. The molecule has 1 aliphatic heterocycles. The van der Waals surface area contributed by atoms with Crippen molar-refractivity contribution in [2.75, 3.05) is 24.5 Å². The molecule has 1 aliphatic rings. The van der Waals surface area contributed by atoms with Gasteiger partial charge < -0.3 is 15.3 Å². The minimum absolute atomic E-state index is 0.119. The number of para-hydroxylation sites is 1. The van der Waals surface area contributed by atoms with Gasteiger partial charge in [0.15, 0.2) is 0 Å². The number of halogens is 1. The molecule has 1 aromatic rings. The number of hydrogen-bond acceptors (Lipinski definition) is 3. The lowest BCUT2D eigenvalue weighted by atomic mass is 9.92. The van der Waals surface area contributed by atoms with Crippen molar-refractivity contribution >= 4 is 5.69 Å². The highest BCUT2D eigenvalue weighted by molar-refractivity contribution is 5.56. The molecule has 2 rings (SSSR count). The van der Waals surface area contributed by atoms with Crippen LogP contribution in [0.5, 0.6) is 0 Å². The van der Waals surface area contributed by atoms with E-state index in [1.54, 1.807) is 6.07 Å². The molecular formula is C16H25FN2O. The molecule has 1 heterocycles. The first-order valence-electron chi connectivity index (χ1n) is 7.44. The van der Waals surface area contributed by atoms with E-state index in [0.29, 0.717) is 31.6 Å². The van der Waals surface area contributed by atoms with E-state index >= 15 is 0 Å². The molecule has 0 bridgehead atoms. The summed E-state index contributed by atoms with van der Waals surface area (Å²) in [6, 6.07) is 5.39. The second kappa shape index (κ2) is 6.10. The highest BCUT2D eigenvalue weighted by Crippen LogP contribution is 2.33. The first-order valence-corrected chi connectivity index (χ1v) is 7.44. The van der Waals surface area contributed by atoms with Gasteiger partial charge >= 0.3 is 0 Å². The highest BCUT2D eigenvalue weighted by atomic mass is 19.1. The van der Waals surface area contributed by atoms with Crippen LogP contribution in [0, 0.1) is 5.82 Å². The molecule has 0 amide bonds. The van der Waals surface area contributed by atoms with Crippen LogP contribution >= 0.6 is 0 Å².